The fourth-order valence-corrected chi connectivity index (χ4v) is 5.02. The van der Waals surface area contributed by atoms with Gasteiger partial charge in [0.2, 0.25) is 5.91 Å². The van der Waals surface area contributed by atoms with E-state index in [4.69, 9.17) is 4.74 Å². The van der Waals surface area contributed by atoms with Crippen LogP contribution in [0.15, 0.2) is 54.6 Å². The monoisotopic (exact) mass is 420 g/mol. The number of ether oxygens (including phenoxy) is 1. The van der Waals surface area contributed by atoms with Gasteiger partial charge in [-0.05, 0) is 61.1 Å². The molecule has 0 fully saturated rings. The third-order valence-corrected chi connectivity index (χ3v) is 6.41. The molecular weight excluding hydrogens is 396 g/mol. The Balaban J connectivity index is 1.56. The largest absolute Gasteiger partial charge is 0.497 e. The van der Waals surface area contributed by atoms with Crippen molar-refractivity contribution in [1.82, 2.24) is 0 Å². The van der Waals surface area contributed by atoms with Crippen molar-refractivity contribution in [3.63, 3.8) is 0 Å². The Labute approximate surface area is 180 Å². The number of nitrogens with one attached hydrogen (secondary N) is 2. The third kappa shape index (κ3) is 4.54. The van der Waals surface area contributed by atoms with Crippen molar-refractivity contribution in [1.29, 1.82) is 0 Å². The Kier molecular flexibility index (Phi) is 6.14. The first-order chi connectivity index (χ1) is 14.6. The van der Waals surface area contributed by atoms with Crippen LogP contribution < -0.4 is 15.4 Å². The van der Waals surface area contributed by atoms with Crippen LogP contribution in [0.25, 0.3) is 0 Å². The van der Waals surface area contributed by atoms with Crippen molar-refractivity contribution in [3.05, 3.63) is 76.2 Å². The van der Waals surface area contributed by atoms with Gasteiger partial charge in [-0.1, -0.05) is 30.3 Å². The van der Waals surface area contributed by atoms with E-state index < -0.39 is 0 Å². The lowest BCUT2D eigenvalue weighted by atomic mass is 9.95. The molecule has 0 unspecified atom stereocenters. The summed E-state index contributed by atoms with van der Waals surface area (Å²) in [5.74, 6) is 0.433. The number of amides is 2. The van der Waals surface area contributed by atoms with Crippen LogP contribution >= 0.6 is 11.3 Å². The van der Waals surface area contributed by atoms with Crippen molar-refractivity contribution in [3.8, 4) is 5.75 Å². The molecular formula is C24H24N2O3S. The van der Waals surface area contributed by atoms with Crippen molar-refractivity contribution < 1.29 is 14.3 Å². The Hall–Kier alpha value is -3.12. The van der Waals surface area contributed by atoms with Gasteiger partial charge in [0.25, 0.3) is 5.91 Å². The number of rotatable bonds is 6. The minimum absolute atomic E-state index is 0.113. The summed E-state index contributed by atoms with van der Waals surface area (Å²) in [6.45, 7) is 0. The fraction of sp³-hybridized carbons (Fsp3) is 0.250. The van der Waals surface area contributed by atoms with Crippen molar-refractivity contribution in [2.75, 3.05) is 17.7 Å². The molecule has 0 saturated carbocycles. The van der Waals surface area contributed by atoms with Crippen LogP contribution in [0.4, 0.5) is 10.7 Å². The molecule has 1 aromatic heterocycles. The molecule has 1 aliphatic rings. The maximum absolute atomic E-state index is 13.2. The maximum atomic E-state index is 13.2. The second-order valence-electron chi connectivity index (χ2n) is 7.31. The van der Waals surface area contributed by atoms with Gasteiger partial charge in [-0.15, -0.1) is 11.3 Å². The second-order valence-corrected chi connectivity index (χ2v) is 8.41. The van der Waals surface area contributed by atoms with Gasteiger partial charge in [0.1, 0.15) is 10.8 Å². The van der Waals surface area contributed by atoms with Gasteiger partial charge < -0.3 is 15.4 Å². The predicted octanol–water partition coefficient (Wildman–Crippen LogP) is 5.07. The molecule has 2 aromatic carbocycles. The number of methoxy groups -OCH3 is 1. The number of fused-ring (bicyclic) bond motifs is 1. The number of aryl methyl sites for hydroxylation is 1. The molecule has 0 atom stereocenters. The number of hydrogen-bond donors (Lipinski definition) is 2. The summed E-state index contributed by atoms with van der Waals surface area (Å²) in [6.07, 6.45) is 4.28. The summed E-state index contributed by atoms with van der Waals surface area (Å²) in [7, 11) is 1.61. The van der Waals surface area contributed by atoms with Crippen LogP contribution in [-0.4, -0.2) is 18.9 Å². The van der Waals surface area contributed by atoms with Crippen molar-refractivity contribution in [2.45, 2.75) is 32.1 Å². The van der Waals surface area contributed by atoms with Crippen LogP contribution in [0.3, 0.4) is 0 Å². The highest BCUT2D eigenvalue weighted by molar-refractivity contribution is 7.17. The molecule has 2 N–H and O–H groups in total. The normalized spacial score (nSPS) is 12.7. The molecule has 1 aliphatic carbocycles. The van der Waals surface area contributed by atoms with Gasteiger partial charge in [0, 0.05) is 10.6 Å². The predicted molar refractivity (Wildman–Crippen MR) is 121 cm³/mol. The first kappa shape index (κ1) is 20.2. The number of carbonyl (C=O) groups is 2. The van der Waals surface area contributed by atoms with Crippen LogP contribution in [0.5, 0.6) is 5.75 Å². The molecule has 154 valence electrons. The van der Waals surface area contributed by atoms with Crippen LogP contribution in [0, 0.1) is 0 Å². The molecule has 0 spiro atoms. The minimum Gasteiger partial charge on any atom is -0.497 e. The molecule has 2 amide bonds. The standard InChI is InChI=1S/C24H24N2O3S/c1-29-18-13-11-17(12-14-18)25-23(28)22-19-9-5-6-10-20(19)30-24(22)26-21(27)15-16-7-3-2-4-8-16/h2-4,7-8,11-14H,5-6,9-10,15H2,1H3,(H,25,28)(H,26,27). The summed E-state index contributed by atoms with van der Waals surface area (Å²) >= 11 is 1.53. The fourth-order valence-electron chi connectivity index (χ4n) is 3.71. The van der Waals surface area contributed by atoms with E-state index >= 15 is 0 Å². The number of hydrogen-bond acceptors (Lipinski definition) is 4. The van der Waals surface area contributed by atoms with Gasteiger partial charge in [-0.2, -0.15) is 0 Å². The van der Waals surface area contributed by atoms with E-state index in [1.165, 1.54) is 16.2 Å². The van der Waals surface area contributed by atoms with Crippen molar-refractivity contribution >= 4 is 33.8 Å². The smallest absolute Gasteiger partial charge is 0.258 e. The minimum atomic E-state index is -0.186. The van der Waals surface area contributed by atoms with Crippen LogP contribution in [-0.2, 0) is 24.1 Å². The first-order valence-corrected chi connectivity index (χ1v) is 10.9. The highest BCUT2D eigenvalue weighted by Crippen LogP contribution is 2.38. The van der Waals surface area contributed by atoms with E-state index in [9.17, 15) is 9.59 Å². The topological polar surface area (TPSA) is 67.4 Å². The van der Waals surface area contributed by atoms with Gasteiger partial charge in [0.05, 0.1) is 19.1 Å². The quantitative estimate of drug-likeness (QED) is 0.585. The van der Waals surface area contributed by atoms with Crippen LogP contribution in [0.2, 0.25) is 0 Å². The Morgan fingerprint density at radius 2 is 1.70 bits per heavy atom. The van der Waals surface area contributed by atoms with E-state index in [2.05, 4.69) is 10.6 Å². The molecule has 30 heavy (non-hydrogen) atoms. The van der Waals surface area contributed by atoms with Gasteiger partial charge in [-0.3, -0.25) is 9.59 Å². The average Bonchev–Trinajstić information content (AvgIpc) is 3.12. The summed E-state index contributed by atoms with van der Waals surface area (Å²) < 4.78 is 5.17. The zero-order valence-corrected chi connectivity index (χ0v) is 17.7. The molecule has 6 heteroatoms. The molecule has 4 rings (SSSR count). The molecule has 0 bridgehead atoms. The Morgan fingerprint density at radius 3 is 2.43 bits per heavy atom. The number of carbonyl (C=O) groups excluding carboxylic acids is 2. The average molecular weight is 421 g/mol. The molecule has 0 aliphatic heterocycles. The summed E-state index contributed by atoms with van der Waals surface area (Å²) in [5.41, 5.74) is 3.32. The lowest BCUT2D eigenvalue weighted by Gasteiger charge is -2.13. The Bertz CT molecular complexity index is 1040. The highest BCUT2D eigenvalue weighted by Gasteiger charge is 2.26. The van der Waals surface area contributed by atoms with E-state index in [0.717, 1.165) is 42.6 Å². The second kappa shape index (κ2) is 9.13. The van der Waals surface area contributed by atoms with E-state index in [1.54, 1.807) is 19.2 Å². The first-order valence-electron chi connectivity index (χ1n) is 10.1. The summed E-state index contributed by atoms with van der Waals surface area (Å²) in [4.78, 5) is 27.0. The van der Waals surface area contributed by atoms with E-state index in [1.807, 2.05) is 42.5 Å². The van der Waals surface area contributed by atoms with Gasteiger partial charge in [0.15, 0.2) is 0 Å². The lowest BCUT2D eigenvalue weighted by Crippen LogP contribution is -2.19. The molecule has 5 nitrogen and oxygen atoms in total. The lowest BCUT2D eigenvalue weighted by molar-refractivity contribution is -0.115. The highest BCUT2D eigenvalue weighted by atomic mass is 32.1. The van der Waals surface area contributed by atoms with Crippen molar-refractivity contribution in [2.24, 2.45) is 0 Å². The number of thiophene rings is 1. The van der Waals surface area contributed by atoms with E-state index in [-0.39, 0.29) is 18.2 Å². The zero-order chi connectivity index (χ0) is 20.9. The van der Waals surface area contributed by atoms with Gasteiger partial charge >= 0.3 is 0 Å². The molecule has 0 saturated heterocycles. The zero-order valence-electron chi connectivity index (χ0n) is 16.9. The maximum Gasteiger partial charge on any atom is 0.258 e. The SMILES string of the molecule is COc1ccc(NC(=O)c2c(NC(=O)Cc3ccccc3)sc3c2CCCC3)cc1. The summed E-state index contributed by atoms with van der Waals surface area (Å²) in [5, 5.41) is 6.62. The van der Waals surface area contributed by atoms with Gasteiger partial charge in [-0.25, -0.2) is 0 Å². The molecule has 3 aromatic rings. The Morgan fingerprint density at radius 1 is 0.967 bits per heavy atom. The van der Waals surface area contributed by atoms with Crippen LogP contribution in [0.1, 0.15) is 39.2 Å². The summed E-state index contributed by atoms with van der Waals surface area (Å²) in [6, 6.07) is 16.8. The van der Waals surface area contributed by atoms with E-state index in [0.29, 0.717) is 16.3 Å². The molecule has 1 heterocycles. The number of benzene rings is 2. The molecule has 0 radical (unpaired) electrons. The number of anilines is 2. The third-order valence-electron chi connectivity index (χ3n) is 5.21.